The van der Waals surface area contributed by atoms with Crippen molar-refractivity contribution in [3.63, 3.8) is 0 Å². The summed E-state index contributed by atoms with van der Waals surface area (Å²) in [6.45, 7) is 4.07. The maximum Gasteiger partial charge on any atom is 0.309 e. The number of aryl methyl sites for hydroxylation is 1. The third kappa shape index (κ3) is 9.83. The van der Waals surface area contributed by atoms with Crippen LogP contribution < -0.4 is 21.5 Å². The molecule has 2 heterocycles. The van der Waals surface area contributed by atoms with E-state index in [9.17, 15) is 29.0 Å². The molecule has 0 fully saturated rings. The minimum absolute atomic E-state index is 0.00294. The van der Waals surface area contributed by atoms with E-state index < -0.39 is 71.2 Å². The lowest BCUT2D eigenvalue weighted by molar-refractivity contribution is -0.113. The Hall–Kier alpha value is -4.33. The van der Waals surface area contributed by atoms with Crippen LogP contribution in [-0.2, 0) is 19.1 Å². The van der Waals surface area contributed by atoms with E-state index in [0.29, 0.717) is 5.56 Å². The van der Waals surface area contributed by atoms with E-state index in [1.165, 1.54) is 38.2 Å². The van der Waals surface area contributed by atoms with Gasteiger partial charge >= 0.3 is 11.8 Å². The summed E-state index contributed by atoms with van der Waals surface area (Å²) in [7, 11) is 2.92. The van der Waals surface area contributed by atoms with Crippen molar-refractivity contribution in [1.82, 2.24) is 35.7 Å². The zero-order valence-corrected chi connectivity index (χ0v) is 25.2. The SMILES string of the molecule is CNC[C@H](O)[C@@H](O)[C@H](O)[C@H](O)CO.Cc1nnc(C(=O)NC(C)(C)c2nc(C(=O)NCc3ccc(F)cc3)c(O)c(=O)n2C)o1. The van der Waals surface area contributed by atoms with E-state index in [0.717, 1.165) is 4.57 Å². The Kier molecular flexibility index (Phi) is 13.2. The zero-order chi connectivity index (χ0) is 34.1. The monoisotopic (exact) mass is 639 g/mol. The molecule has 3 rings (SSSR count). The Bertz CT molecular complexity index is 1500. The molecule has 45 heavy (non-hydrogen) atoms. The molecule has 0 aliphatic rings. The van der Waals surface area contributed by atoms with Crippen LogP contribution in [0.2, 0.25) is 0 Å². The number of aromatic nitrogens is 4. The Morgan fingerprint density at radius 2 is 1.64 bits per heavy atom. The normalized spacial score (nSPS) is 14.0. The van der Waals surface area contributed by atoms with Gasteiger partial charge in [-0.15, -0.1) is 10.2 Å². The Morgan fingerprint density at radius 1 is 1.04 bits per heavy atom. The molecule has 17 nitrogen and oxygen atoms in total. The standard InChI is InChI=1S/C20H21FN6O5.C7H17NO5/c1-10-25-26-17(32-10)16(30)24-20(2,3)19-23-13(14(28)18(31)27(19)4)15(29)22-9-11-5-7-12(21)8-6-11;1-8-2-4(10)6(12)7(13)5(11)3-9/h5-8,28H,9H2,1-4H3,(H,22,29)(H,24,30);4-13H,2-3H2,1H3/t;4-,5+,6+,7+/m.0/s1. The van der Waals surface area contributed by atoms with Crippen LogP contribution >= 0.6 is 0 Å². The number of amides is 2. The van der Waals surface area contributed by atoms with Crippen molar-refractivity contribution in [3.8, 4) is 5.75 Å². The van der Waals surface area contributed by atoms with Gasteiger partial charge in [0, 0.05) is 27.1 Å². The topological polar surface area (TPSA) is 265 Å². The first kappa shape index (κ1) is 36.9. The number of carbonyl (C=O) groups excluding carboxylic acids is 2. The van der Waals surface area contributed by atoms with E-state index in [-0.39, 0.29) is 30.7 Å². The van der Waals surface area contributed by atoms with Gasteiger partial charge in [-0.05, 0) is 38.6 Å². The molecule has 1 aromatic carbocycles. The number of benzene rings is 1. The van der Waals surface area contributed by atoms with Crippen LogP contribution in [0.25, 0.3) is 0 Å². The molecule has 4 atom stereocenters. The summed E-state index contributed by atoms with van der Waals surface area (Å²) >= 11 is 0. The number of halogens is 1. The molecule has 0 aliphatic heterocycles. The smallest absolute Gasteiger partial charge is 0.309 e. The van der Waals surface area contributed by atoms with Crippen molar-refractivity contribution < 1.29 is 49.0 Å². The van der Waals surface area contributed by atoms with Crippen LogP contribution in [0.4, 0.5) is 4.39 Å². The highest BCUT2D eigenvalue weighted by Gasteiger charge is 2.33. The molecule has 0 bridgehead atoms. The van der Waals surface area contributed by atoms with Gasteiger partial charge in [-0.1, -0.05) is 12.1 Å². The molecule has 18 heteroatoms. The highest BCUT2D eigenvalue weighted by Crippen LogP contribution is 2.20. The van der Waals surface area contributed by atoms with E-state index in [1.54, 1.807) is 20.9 Å². The fourth-order valence-electron chi connectivity index (χ4n) is 3.85. The number of likely N-dealkylation sites (N-methyl/N-ethyl adjacent to an activating group) is 1. The second kappa shape index (κ2) is 16.1. The lowest BCUT2D eigenvalue weighted by Gasteiger charge is -2.27. The van der Waals surface area contributed by atoms with Gasteiger partial charge in [0.2, 0.25) is 11.6 Å². The molecule has 9 N–H and O–H groups in total. The Labute approximate surface area is 256 Å². The van der Waals surface area contributed by atoms with Gasteiger partial charge < -0.3 is 51.0 Å². The summed E-state index contributed by atoms with van der Waals surface area (Å²) in [6.07, 6.45) is -5.65. The number of carbonyl (C=O) groups is 2. The van der Waals surface area contributed by atoms with Crippen LogP contribution in [0.1, 0.15) is 52.3 Å². The summed E-state index contributed by atoms with van der Waals surface area (Å²) in [5.41, 5.74) is -2.06. The van der Waals surface area contributed by atoms with Crippen molar-refractivity contribution >= 4 is 11.8 Å². The quantitative estimate of drug-likeness (QED) is 0.0997. The van der Waals surface area contributed by atoms with Gasteiger partial charge in [0.1, 0.15) is 30.0 Å². The average Bonchev–Trinajstić information content (AvgIpc) is 3.44. The summed E-state index contributed by atoms with van der Waals surface area (Å²) in [4.78, 5) is 41.7. The van der Waals surface area contributed by atoms with Crippen LogP contribution in [0, 0.1) is 12.7 Å². The summed E-state index contributed by atoms with van der Waals surface area (Å²) in [5, 5.41) is 70.0. The van der Waals surface area contributed by atoms with Crippen LogP contribution in [0.5, 0.6) is 5.75 Å². The summed E-state index contributed by atoms with van der Waals surface area (Å²) in [5.74, 6) is -2.88. The van der Waals surface area contributed by atoms with Crippen LogP contribution in [0.15, 0.2) is 33.5 Å². The van der Waals surface area contributed by atoms with Gasteiger partial charge in [0.15, 0.2) is 5.69 Å². The van der Waals surface area contributed by atoms with E-state index in [2.05, 4.69) is 31.1 Å². The Balaban J connectivity index is 0.000000459. The van der Waals surface area contributed by atoms with E-state index >= 15 is 0 Å². The number of hydrogen-bond acceptors (Lipinski definition) is 14. The number of nitrogens with one attached hydrogen (secondary N) is 3. The second-order valence-corrected chi connectivity index (χ2v) is 10.4. The van der Waals surface area contributed by atoms with Gasteiger partial charge in [-0.2, -0.15) is 0 Å². The molecule has 248 valence electrons. The van der Waals surface area contributed by atoms with Gasteiger partial charge in [0.05, 0.1) is 18.2 Å². The first-order valence-electron chi connectivity index (χ1n) is 13.5. The first-order valence-corrected chi connectivity index (χ1v) is 13.5. The average molecular weight is 640 g/mol. The fraction of sp³-hybridized carbons (Fsp3) is 0.481. The van der Waals surface area contributed by atoms with Gasteiger partial charge in [0.25, 0.3) is 11.5 Å². The van der Waals surface area contributed by atoms with Crippen LogP contribution in [0.3, 0.4) is 0 Å². The van der Waals surface area contributed by atoms with E-state index in [4.69, 9.17) is 24.8 Å². The van der Waals surface area contributed by atoms with Crippen molar-refractivity contribution in [1.29, 1.82) is 0 Å². The number of aromatic hydroxyl groups is 1. The number of aliphatic hydroxyl groups is 5. The van der Waals surface area contributed by atoms with Gasteiger partial charge in [-0.3, -0.25) is 19.0 Å². The third-order valence-electron chi connectivity index (χ3n) is 6.29. The Morgan fingerprint density at radius 3 is 2.18 bits per heavy atom. The van der Waals surface area contributed by atoms with Crippen molar-refractivity contribution in [2.24, 2.45) is 7.05 Å². The highest BCUT2D eigenvalue weighted by atomic mass is 19.1. The number of aliphatic hydroxyl groups excluding tert-OH is 5. The molecule has 3 aromatic rings. The predicted octanol–water partition coefficient (Wildman–Crippen LogP) is -2.45. The molecule has 0 spiro atoms. The predicted molar refractivity (Wildman–Crippen MR) is 153 cm³/mol. The number of rotatable bonds is 12. The molecule has 0 saturated carbocycles. The largest absolute Gasteiger partial charge is 0.501 e. The molecule has 0 aliphatic carbocycles. The van der Waals surface area contributed by atoms with Gasteiger partial charge in [-0.25, -0.2) is 9.37 Å². The molecule has 0 saturated heterocycles. The second-order valence-electron chi connectivity index (χ2n) is 10.4. The molecule has 0 radical (unpaired) electrons. The molecule has 2 aromatic heterocycles. The summed E-state index contributed by atoms with van der Waals surface area (Å²) < 4.78 is 19.1. The fourth-order valence-corrected chi connectivity index (χ4v) is 3.85. The minimum Gasteiger partial charge on any atom is -0.501 e. The zero-order valence-electron chi connectivity index (χ0n) is 25.2. The van der Waals surface area contributed by atoms with Crippen molar-refractivity contribution in [2.45, 2.75) is 57.3 Å². The van der Waals surface area contributed by atoms with Crippen molar-refractivity contribution in [3.05, 3.63) is 69.3 Å². The lowest BCUT2D eigenvalue weighted by Crippen LogP contribution is -2.48. The van der Waals surface area contributed by atoms with Crippen molar-refractivity contribution in [2.75, 3.05) is 20.2 Å². The molecular formula is C27H38FN7O10. The first-order chi connectivity index (χ1) is 21.0. The number of hydrogen-bond donors (Lipinski definition) is 9. The summed E-state index contributed by atoms with van der Waals surface area (Å²) in [6, 6.07) is 5.44. The third-order valence-corrected chi connectivity index (χ3v) is 6.29. The molecular weight excluding hydrogens is 601 g/mol. The minimum atomic E-state index is -1.55. The van der Waals surface area contributed by atoms with E-state index in [1.807, 2.05) is 0 Å². The van der Waals surface area contributed by atoms with Crippen LogP contribution in [-0.4, -0.2) is 107 Å². The molecule has 2 amide bonds. The number of nitrogens with zero attached hydrogens (tertiary/aromatic N) is 4. The highest BCUT2D eigenvalue weighted by molar-refractivity contribution is 5.94. The lowest BCUT2D eigenvalue weighted by atomic mass is 10.0. The molecule has 0 unspecified atom stereocenters. The maximum absolute atomic E-state index is 13.0. The maximum atomic E-state index is 13.0.